The van der Waals surface area contributed by atoms with Crippen LogP contribution in [0, 0.1) is 6.92 Å². The number of nitrogens with zero attached hydrogens (tertiary/aromatic N) is 2. The number of aromatic nitrogens is 2. The summed E-state index contributed by atoms with van der Waals surface area (Å²) in [6, 6.07) is 0. The van der Waals surface area contributed by atoms with E-state index in [-0.39, 0.29) is 15.9 Å². The van der Waals surface area contributed by atoms with Crippen LogP contribution in [0.1, 0.15) is 16.1 Å². The first-order chi connectivity index (χ1) is 6.73. The van der Waals surface area contributed by atoms with Crippen molar-refractivity contribution in [3.63, 3.8) is 0 Å². The zero-order chi connectivity index (χ0) is 11.8. The summed E-state index contributed by atoms with van der Waals surface area (Å²) in [6.07, 6.45) is 0.953. The molecule has 8 heteroatoms. The average Bonchev–Trinajstić information content (AvgIpc) is 1.99. The van der Waals surface area contributed by atoms with Crippen molar-refractivity contribution in [1.29, 1.82) is 0 Å². The lowest BCUT2D eigenvalue weighted by Gasteiger charge is -2.04. The summed E-state index contributed by atoms with van der Waals surface area (Å²) in [5.41, 5.74) is -0.0350. The fourth-order valence-electron chi connectivity index (χ4n) is 0.922. The van der Waals surface area contributed by atoms with Gasteiger partial charge in [-0.2, -0.15) is 0 Å². The summed E-state index contributed by atoms with van der Waals surface area (Å²) in [6.45, 7) is 1.41. The number of carbonyl (C=O) groups is 1. The van der Waals surface area contributed by atoms with Gasteiger partial charge < -0.3 is 5.11 Å². The summed E-state index contributed by atoms with van der Waals surface area (Å²) >= 11 is 2.89. The largest absolute Gasteiger partial charge is 0.478 e. The number of halogens is 1. The third-order valence-corrected chi connectivity index (χ3v) is 2.99. The molecule has 0 aromatic carbocycles. The third-order valence-electron chi connectivity index (χ3n) is 1.57. The van der Waals surface area contributed by atoms with Crippen LogP contribution in [0.25, 0.3) is 0 Å². The predicted molar refractivity (Wildman–Crippen MR) is 54.5 cm³/mol. The van der Waals surface area contributed by atoms with Crippen LogP contribution in [-0.4, -0.2) is 35.7 Å². The van der Waals surface area contributed by atoms with Crippen LogP contribution in [-0.2, 0) is 9.84 Å². The first-order valence-corrected chi connectivity index (χ1v) is 6.39. The Bertz CT molecular complexity index is 503. The summed E-state index contributed by atoms with van der Waals surface area (Å²) < 4.78 is 22.2. The molecule has 1 rings (SSSR count). The van der Waals surface area contributed by atoms with Crippen LogP contribution in [0.5, 0.6) is 0 Å². The Morgan fingerprint density at radius 3 is 2.27 bits per heavy atom. The van der Waals surface area contributed by atoms with Crippen molar-refractivity contribution in [2.24, 2.45) is 0 Å². The molecule has 6 nitrogen and oxygen atoms in total. The van der Waals surface area contributed by atoms with E-state index in [4.69, 9.17) is 5.11 Å². The van der Waals surface area contributed by atoms with Crippen molar-refractivity contribution in [2.45, 2.75) is 12.1 Å². The minimum Gasteiger partial charge on any atom is -0.478 e. The monoisotopic (exact) mass is 294 g/mol. The number of hydrogen-bond acceptors (Lipinski definition) is 5. The molecule has 0 bridgehead atoms. The number of aryl methyl sites for hydroxylation is 1. The maximum Gasteiger partial charge on any atom is 0.340 e. The van der Waals surface area contributed by atoms with E-state index in [0.717, 1.165) is 6.26 Å². The highest BCUT2D eigenvalue weighted by molar-refractivity contribution is 9.10. The van der Waals surface area contributed by atoms with Crippen LogP contribution < -0.4 is 0 Å². The number of carboxylic acids is 1. The first-order valence-electron chi connectivity index (χ1n) is 3.71. The van der Waals surface area contributed by atoms with Crippen molar-refractivity contribution >= 4 is 31.7 Å². The molecule has 1 N–H and O–H groups in total. The van der Waals surface area contributed by atoms with Crippen molar-refractivity contribution < 1.29 is 18.3 Å². The Hall–Kier alpha value is -1.02. The Kier molecular flexibility index (Phi) is 3.10. The number of hydrogen-bond donors (Lipinski definition) is 1. The van der Waals surface area contributed by atoms with Crippen molar-refractivity contribution in [3.8, 4) is 0 Å². The lowest BCUT2D eigenvalue weighted by atomic mass is 10.2. The summed E-state index contributed by atoms with van der Waals surface area (Å²) in [5, 5.41) is 8.39. The Morgan fingerprint density at radius 1 is 1.40 bits per heavy atom. The second kappa shape index (κ2) is 3.86. The van der Waals surface area contributed by atoms with Gasteiger partial charge in [-0.1, -0.05) is 0 Å². The van der Waals surface area contributed by atoms with Gasteiger partial charge in [0.2, 0.25) is 15.0 Å². The van der Waals surface area contributed by atoms with Crippen molar-refractivity contribution in [3.05, 3.63) is 15.9 Å². The van der Waals surface area contributed by atoms with E-state index in [1.165, 1.54) is 6.92 Å². The molecule has 15 heavy (non-hydrogen) atoms. The van der Waals surface area contributed by atoms with Gasteiger partial charge in [-0.3, -0.25) is 0 Å². The minimum atomic E-state index is -3.54. The van der Waals surface area contributed by atoms with E-state index in [0.29, 0.717) is 0 Å². The van der Waals surface area contributed by atoms with E-state index < -0.39 is 21.0 Å². The van der Waals surface area contributed by atoms with Gasteiger partial charge in [0.15, 0.2) is 0 Å². The quantitative estimate of drug-likeness (QED) is 0.635. The van der Waals surface area contributed by atoms with Gasteiger partial charge >= 0.3 is 5.97 Å². The number of sulfone groups is 1. The molecular formula is C7H7BrN2O4S. The standard InChI is InChI=1S/C7H7BrN2O4S/c1-3-4(6(11)12)5(8)10-7(9-3)15(2,13)14/h1-2H3,(H,11,12). The van der Waals surface area contributed by atoms with Gasteiger partial charge in [-0.25, -0.2) is 23.2 Å². The molecule has 1 aromatic rings. The van der Waals surface area contributed by atoms with Crippen LogP contribution in [0.15, 0.2) is 9.76 Å². The van der Waals surface area contributed by atoms with Crippen LogP contribution >= 0.6 is 15.9 Å². The van der Waals surface area contributed by atoms with E-state index >= 15 is 0 Å². The Labute approximate surface area is 94.4 Å². The number of aromatic carboxylic acids is 1. The highest BCUT2D eigenvalue weighted by atomic mass is 79.9. The summed E-state index contributed by atoms with van der Waals surface area (Å²) in [5.74, 6) is -1.21. The lowest BCUT2D eigenvalue weighted by Crippen LogP contribution is -2.11. The molecule has 0 radical (unpaired) electrons. The molecule has 1 aromatic heterocycles. The summed E-state index contributed by atoms with van der Waals surface area (Å²) in [7, 11) is -3.54. The van der Waals surface area contributed by atoms with Gasteiger partial charge in [0, 0.05) is 6.26 Å². The lowest BCUT2D eigenvalue weighted by molar-refractivity contribution is 0.0693. The van der Waals surface area contributed by atoms with Crippen molar-refractivity contribution in [1.82, 2.24) is 9.97 Å². The van der Waals surface area contributed by atoms with Gasteiger partial charge in [0.1, 0.15) is 10.2 Å². The summed E-state index contributed by atoms with van der Waals surface area (Å²) in [4.78, 5) is 17.9. The number of rotatable bonds is 2. The zero-order valence-electron chi connectivity index (χ0n) is 7.85. The molecule has 0 aliphatic rings. The van der Waals surface area contributed by atoms with Crippen molar-refractivity contribution in [2.75, 3.05) is 6.26 Å². The Morgan fingerprint density at radius 2 is 1.93 bits per heavy atom. The average molecular weight is 295 g/mol. The van der Waals surface area contributed by atoms with E-state index in [2.05, 4.69) is 25.9 Å². The normalized spacial score (nSPS) is 11.4. The number of carboxylic acid groups (broad SMARTS) is 1. The first kappa shape index (κ1) is 12.1. The second-order valence-electron chi connectivity index (χ2n) is 2.83. The van der Waals surface area contributed by atoms with Crippen LogP contribution in [0.2, 0.25) is 0 Å². The fourth-order valence-corrected chi connectivity index (χ4v) is 2.22. The molecule has 0 amide bonds. The molecule has 0 saturated heterocycles. The van der Waals surface area contributed by atoms with Gasteiger partial charge in [0.25, 0.3) is 0 Å². The zero-order valence-corrected chi connectivity index (χ0v) is 10.3. The SMILES string of the molecule is Cc1nc(S(C)(=O)=O)nc(Br)c1C(=O)O. The molecule has 0 fully saturated rings. The molecule has 0 atom stereocenters. The van der Waals surface area contributed by atoms with E-state index in [9.17, 15) is 13.2 Å². The van der Waals surface area contributed by atoms with Gasteiger partial charge in [-0.05, 0) is 22.9 Å². The minimum absolute atomic E-state index is 0.0390. The van der Waals surface area contributed by atoms with Crippen LogP contribution in [0.3, 0.4) is 0 Å². The third kappa shape index (κ3) is 2.51. The highest BCUT2D eigenvalue weighted by Gasteiger charge is 2.20. The highest BCUT2D eigenvalue weighted by Crippen LogP contribution is 2.18. The van der Waals surface area contributed by atoms with E-state index in [1.807, 2.05) is 0 Å². The molecule has 0 spiro atoms. The second-order valence-corrected chi connectivity index (χ2v) is 5.50. The maximum absolute atomic E-state index is 11.1. The fraction of sp³-hybridized carbons (Fsp3) is 0.286. The maximum atomic E-state index is 11.1. The molecule has 0 saturated carbocycles. The van der Waals surface area contributed by atoms with Gasteiger partial charge in [0.05, 0.1) is 5.69 Å². The van der Waals surface area contributed by atoms with Gasteiger partial charge in [-0.15, -0.1) is 0 Å². The molecule has 82 valence electrons. The molecular weight excluding hydrogens is 288 g/mol. The van der Waals surface area contributed by atoms with Crippen LogP contribution in [0.4, 0.5) is 0 Å². The Balaban J connectivity index is 3.52. The molecule has 1 heterocycles. The van der Waals surface area contributed by atoms with E-state index in [1.54, 1.807) is 0 Å². The smallest absolute Gasteiger partial charge is 0.340 e. The predicted octanol–water partition coefficient (Wildman–Crippen LogP) is 0.649. The molecule has 0 aliphatic heterocycles. The topological polar surface area (TPSA) is 97.2 Å². The molecule has 0 aliphatic carbocycles. The molecule has 0 unspecified atom stereocenters.